The predicted molar refractivity (Wildman–Crippen MR) is 75.3 cm³/mol. The van der Waals surface area contributed by atoms with Crippen LogP contribution in [0.25, 0.3) is 0 Å². The third-order valence-corrected chi connectivity index (χ3v) is 3.10. The number of nitrogens with zero attached hydrogens (tertiary/aromatic N) is 2. The first kappa shape index (κ1) is 13.3. The molecule has 2 rings (SSSR count). The Balaban J connectivity index is 2.32. The van der Waals surface area contributed by atoms with Crippen LogP contribution in [0.1, 0.15) is 30.5 Å². The van der Waals surface area contributed by atoms with Gasteiger partial charge in [-0.3, -0.25) is 10.3 Å². The molecule has 2 atom stereocenters. The van der Waals surface area contributed by atoms with Gasteiger partial charge in [0, 0.05) is 12.4 Å². The standard InChI is InChI=1S/C16H17N3/c1-2-15(12-17)19-16(13-6-4-3-5-7-13)14-8-10-18-11-9-14/h3-11,15-16,19H,2H2,1H3. The van der Waals surface area contributed by atoms with E-state index in [1.807, 2.05) is 37.3 Å². The van der Waals surface area contributed by atoms with E-state index < -0.39 is 0 Å². The lowest BCUT2D eigenvalue weighted by atomic mass is 9.98. The Bertz CT molecular complexity index is 491. The molecule has 0 saturated carbocycles. The Hall–Kier alpha value is -2.18. The zero-order valence-electron chi connectivity index (χ0n) is 11.0. The molecule has 0 radical (unpaired) electrons. The molecule has 1 aromatic heterocycles. The second kappa shape index (κ2) is 6.67. The summed E-state index contributed by atoms with van der Waals surface area (Å²) in [5.74, 6) is 0. The Morgan fingerprint density at radius 2 is 1.74 bits per heavy atom. The Morgan fingerprint density at radius 3 is 2.32 bits per heavy atom. The minimum Gasteiger partial charge on any atom is -0.291 e. The summed E-state index contributed by atoms with van der Waals surface area (Å²) in [7, 11) is 0. The Kier molecular flexibility index (Phi) is 4.66. The third-order valence-electron chi connectivity index (χ3n) is 3.10. The molecule has 96 valence electrons. The van der Waals surface area contributed by atoms with Crippen molar-refractivity contribution in [3.05, 3.63) is 66.0 Å². The summed E-state index contributed by atoms with van der Waals surface area (Å²) in [5.41, 5.74) is 2.28. The van der Waals surface area contributed by atoms with E-state index in [0.717, 1.165) is 17.5 Å². The minimum absolute atomic E-state index is 0.0220. The number of benzene rings is 1. The van der Waals surface area contributed by atoms with Crippen LogP contribution in [-0.2, 0) is 0 Å². The first-order chi connectivity index (χ1) is 9.35. The zero-order valence-corrected chi connectivity index (χ0v) is 11.0. The van der Waals surface area contributed by atoms with E-state index in [1.165, 1.54) is 0 Å². The van der Waals surface area contributed by atoms with Crippen LogP contribution in [0.3, 0.4) is 0 Å². The summed E-state index contributed by atoms with van der Waals surface area (Å²) in [5, 5.41) is 12.5. The number of pyridine rings is 1. The van der Waals surface area contributed by atoms with Gasteiger partial charge in [0.05, 0.1) is 18.2 Å². The summed E-state index contributed by atoms with van der Waals surface area (Å²) in [6, 6.07) is 16.3. The molecule has 1 heterocycles. The van der Waals surface area contributed by atoms with Crippen LogP contribution in [0.15, 0.2) is 54.9 Å². The molecular formula is C16H17N3. The van der Waals surface area contributed by atoms with Crippen LogP contribution in [0.4, 0.5) is 0 Å². The van der Waals surface area contributed by atoms with E-state index in [4.69, 9.17) is 5.26 Å². The van der Waals surface area contributed by atoms with E-state index in [9.17, 15) is 0 Å². The van der Waals surface area contributed by atoms with Gasteiger partial charge in [-0.25, -0.2) is 0 Å². The van der Waals surface area contributed by atoms with Gasteiger partial charge in [-0.1, -0.05) is 37.3 Å². The van der Waals surface area contributed by atoms with Crippen LogP contribution in [-0.4, -0.2) is 11.0 Å². The van der Waals surface area contributed by atoms with Crippen molar-refractivity contribution in [3.63, 3.8) is 0 Å². The van der Waals surface area contributed by atoms with E-state index >= 15 is 0 Å². The molecule has 0 aliphatic heterocycles. The smallest absolute Gasteiger partial charge is 0.0957 e. The van der Waals surface area contributed by atoms with Crippen molar-refractivity contribution in [1.29, 1.82) is 5.26 Å². The van der Waals surface area contributed by atoms with Crippen LogP contribution in [0.5, 0.6) is 0 Å². The maximum atomic E-state index is 9.14. The molecule has 0 aliphatic carbocycles. The molecule has 2 aromatic rings. The molecule has 1 aromatic carbocycles. The Morgan fingerprint density at radius 1 is 1.11 bits per heavy atom. The summed E-state index contributed by atoms with van der Waals surface area (Å²) >= 11 is 0. The average molecular weight is 251 g/mol. The molecule has 0 saturated heterocycles. The SMILES string of the molecule is CCC(C#N)NC(c1ccccc1)c1ccncc1. The molecular weight excluding hydrogens is 234 g/mol. The highest BCUT2D eigenvalue weighted by Crippen LogP contribution is 2.22. The van der Waals surface area contributed by atoms with Crippen LogP contribution in [0.2, 0.25) is 0 Å². The van der Waals surface area contributed by atoms with Gasteiger partial charge < -0.3 is 0 Å². The summed E-state index contributed by atoms with van der Waals surface area (Å²) in [4.78, 5) is 4.05. The fraction of sp³-hybridized carbons (Fsp3) is 0.250. The van der Waals surface area contributed by atoms with Crippen molar-refractivity contribution in [2.75, 3.05) is 0 Å². The van der Waals surface area contributed by atoms with Gasteiger partial charge in [-0.15, -0.1) is 0 Å². The van der Waals surface area contributed by atoms with Crippen LogP contribution in [0, 0.1) is 11.3 Å². The maximum absolute atomic E-state index is 9.14. The number of rotatable bonds is 5. The van der Waals surface area contributed by atoms with Crippen molar-refractivity contribution in [2.24, 2.45) is 0 Å². The van der Waals surface area contributed by atoms with Gasteiger partial charge >= 0.3 is 0 Å². The zero-order chi connectivity index (χ0) is 13.5. The van der Waals surface area contributed by atoms with Crippen LogP contribution < -0.4 is 5.32 Å². The molecule has 3 heteroatoms. The number of hydrogen-bond donors (Lipinski definition) is 1. The molecule has 0 fully saturated rings. The quantitative estimate of drug-likeness (QED) is 0.888. The lowest BCUT2D eigenvalue weighted by Gasteiger charge is -2.22. The predicted octanol–water partition coefficient (Wildman–Crippen LogP) is 3.06. The molecule has 0 amide bonds. The van der Waals surface area contributed by atoms with Gasteiger partial charge in [0.25, 0.3) is 0 Å². The molecule has 19 heavy (non-hydrogen) atoms. The summed E-state index contributed by atoms with van der Waals surface area (Å²) < 4.78 is 0. The van der Waals surface area contributed by atoms with E-state index in [2.05, 4.69) is 28.5 Å². The van der Waals surface area contributed by atoms with E-state index in [0.29, 0.717) is 0 Å². The lowest BCUT2D eigenvalue weighted by Crippen LogP contribution is -2.31. The molecule has 3 nitrogen and oxygen atoms in total. The first-order valence-electron chi connectivity index (χ1n) is 6.45. The number of nitrogens with one attached hydrogen (secondary N) is 1. The normalized spacial score (nSPS) is 13.5. The lowest BCUT2D eigenvalue weighted by molar-refractivity contribution is 0.530. The second-order valence-corrected chi connectivity index (χ2v) is 4.38. The van der Waals surface area contributed by atoms with Gasteiger partial charge in [-0.05, 0) is 29.7 Å². The van der Waals surface area contributed by atoms with Crippen molar-refractivity contribution in [1.82, 2.24) is 10.3 Å². The van der Waals surface area contributed by atoms with Crippen molar-refractivity contribution in [3.8, 4) is 6.07 Å². The van der Waals surface area contributed by atoms with Gasteiger partial charge in [0.1, 0.15) is 0 Å². The highest BCUT2D eigenvalue weighted by Gasteiger charge is 2.17. The van der Waals surface area contributed by atoms with E-state index in [-0.39, 0.29) is 12.1 Å². The number of nitriles is 1. The monoisotopic (exact) mass is 251 g/mol. The van der Waals surface area contributed by atoms with E-state index in [1.54, 1.807) is 12.4 Å². The van der Waals surface area contributed by atoms with Crippen molar-refractivity contribution in [2.45, 2.75) is 25.4 Å². The molecule has 0 spiro atoms. The first-order valence-corrected chi connectivity index (χ1v) is 6.45. The van der Waals surface area contributed by atoms with Gasteiger partial charge in [0.2, 0.25) is 0 Å². The topological polar surface area (TPSA) is 48.7 Å². The van der Waals surface area contributed by atoms with Crippen LogP contribution >= 0.6 is 0 Å². The molecule has 1 N–H and O–H groups in total. The van der Waals surface area contributed by atoms with Gasteiger partial charge in [0.15, 0.2) is 0 Å². The molecule has 0 bridgehead atoms. The summed E-state index contributed by atoms with van der Waals surface area (Å²) in [6.07, 6.45) is 4.34. The highest BCUT2D eigenvalue weighted by molar-refractivity contribution is 5.30. The number of aromatic nitrogens is 1. The second-order valence-electron chi connectivity index (χ2n) is 4.38. The number of hydrogen-bond acceptors (Lipinski definition) is 3. The fourth-order valence-corrected chi connectivity index (χ4v) is 2.03. The Labute approximate surface area is 113 Å². The minimum atomic E-state index is -0.154. The summed E-state index contributed by atoms with van der Waals surface area (Å²) in [6.45, 7) is 2.01. The maximum Gasteiger partial charge on any atom is 0.0957 e. The third kappa shape index (κ3) is 3.40. The molecule has 0 aliphatic rings. The van der Waals surface area contributed by atoms with Gasteiger partial charge in [-0.2, -0.15) is 5.26 Å². The molecule has 2 unspecified atom stereocenters. The van der Waals surface area contributed by atoms with Crippen molar-refractivity contribution >= 4 is 0 Å². The fourth-order valence-electron chi connectivity index (χ4n) is 2.03. The highest BCUT2D eigenvalue weighted by atomic mass is 14.9. The average Bonchev–Trinajstić information content (AvgIpc) is 2.50. The van der Waals surface area contributed by atoms with Crippen molar-refractivity contribution < 1.29 is 0 Å². The largest absolute Gasteiger partial charge is 0.291 e.